The first kappa shape index (κ1) is 76.6. The highest BCUT2D eigenvalue weighted by molar-refractivity contribution is 5.76. The van der Waals surface area contributed by atoms with Crippen LogP contribution in [0.2, 0.25) is 0 Å². The van der Waals surface area contributed by atoms with Gasteiger partial charge in [-0.25, -0.2) is 0 Å². The maximum absolute atomic E-state index is 13.3. The summed E-state index contributed by atoms with van der Waals surface area (Å²) in [7, 11) is 0. The van der Waals surface area contributed by atoms with Gasteiger partial charge in [-0.3, -0.25) is 4.79 Å². The summed E-state index contributed by atoms with van der Waals surface area (Å²) in [4.78, 5) is 13.3. The van der Waals surface area contributed by atoms with Gasteiger partial charge in [0, 0.05) is 6.42 Å². The van der Waals surface area contributed by atoms with Crippen LogP contribution in [0.15, 0.2) is 24.3 Å². The molecule has 14 heteroatoms. The van der Waals surface area contributed by atoms with Gasteiger partial charge in [0.2, 0.25) is 5.91 Å². The lowest BCUT2D eigenvalue weighted by atomic mass is 9.97. The predicted octanol–water partition coefficient (Wildman–Crippen LogP) is 13.6. The standard InChI is InChI=1S/C68H129NO13/c1-3-5-7-9-11-13-15-17-19-21-22-23-24-25-26-27-28-29-30-31-32-33-34-36-37-39-41-43-45-47-49-51-57(72)56(69-60(73)52-50-48-46-44-42-40-38-35-20-18-16-14-12-10-8-6-4-2)55-79-67-65(78)63(76)66(59(54-71)81-67)82-68-64(77)62(75)61(74)58(53-70)80-68/h12,14,18,20,56-59,61-68,70-72,74-78H,3-11,13,15-17,19,21-55H2,1-2H3,(H,69,73)/b14-12-,20-18-. The number of aliphatic hydroxyl groups is 8. The molecule has 82 heavy (non-hydrogen) atoms. The van der Waals surface area contributed by atoms with E-state index in [4.69, 9.17) is 18.9 Å². The second-order valence-electron chi connectivity index (χ2n) is 24.7. The van der Waals surface area contributed by atoms with E-state index in [0.717, 1.165) is 57.8 Å². The molecule has 14 nitrogen and oxygen atoms in total. The zero-order valence-corrected chi connectivity index (χ0v) is 52.5. The van der Waals surface area contributed by atoms with Crippen molar-refractivity contribution < 1.29 is 64.6 Å². The van der Waals surface area contributed by atoms with E-state index in [1.165, 1.54) is 218 Å². The molecule has 2 heterocycles. The Morgan fingerprint density at radius 2 is 0.805 bits per heavy atom. The number of carbonyl (C=O) groups is 1. The quantitative estimate of drug-likeness (QED) is 0.0204. The SMILES string of the molecule is CCCCC/C=C\C/C=C\CCCCCCCCCC(=O)NC(COC1OC(CO)C(OC2OC(CO)C(O)C(O)C2O)C(O)C1O)C(O)CCCCCCCCCCCCCCCCCCCCCCCCCCCCCCCCC. The highest BCUT2D eigenvalue weighted by Crippen LogP contribution is 2.30. The highest BCUT2D eigenvalue weighted by Gasteiger charge is 2.51. The van der Waals surface area contributed by atoms with E-state index in [0.29, 0.717) is 19.3 Å². The molecule has 0 saturated carbocycles. The number of nitrogens with one attached hydrogen (secondary N) is 1. The van der Waals surface area contributed by atoms with Gasteiger partial charge in [0.25, 0.3) is 0 Å². The smallest absolute Gasteiger partial charge is 0.220 e. The lowest BCUT2D eigenvalue weighted by molar-refractivity contribution is -0.359. The molecule has 0 aliphatic carbocycles. The van der Waals surface area contributed by atoms with Gasteiger partial charge >= 0.3 is 0 Å². The van der Waals surface area contributed by atoms with E-state index in [2.05, 4.69) is 43.5 Å². The van der Waals surface area contributed by atoms with E-state index < -0.39 is 86.8 Å². The molecule has 2 aliphatic rings. The van der Waals surface area contributed by atoms with Gasteiger partial charge in [0.1, 0.15) is 48.8 Å². The van der Waals surface area contributed by atoms with Crippen molar-refractivity contribution in [2.75, 3.05) is 19.8 Å². The summed E-state index contributed by atoms with van der Waals surface area (Å²) in [5.74, 6) is -0.211. The first-order chi connectivity index (χ1) is 40.1. The van der Waals surface area contributed by atoms with Gasteiger partial charge < -0.3 is 65.1 Å². The normalized spacial score (nSPS) is 24.0. The Bertz CT molecular complexity index is 1470. The molecule has 484 valence electrons. The number of rotatable bonds is 57. The topological polar surface area (TPSA) is 228 Å². The van der Waals surface area contributed by atoms with Crippen molar-refractivity contribution in [3.8, 4) is 0 Å². The number of carbonyl (C=O) groups excluding carboxylic acids is 1. The Hall–Kier alpha value is -1.53. The maximum Gasteiger partial charge on any atom is 0.220 e. The molecule has 0 spiro atoms. The van der Waals surface area contributed by atoms with Crippen molar-refractivity contribution in [1.82, 2.24) is 5.32 Å². The minimum atomic E-state index is -1.78. The fourth-order valence-corrected chi connectivity index (χ4v) is 11.6. The molecule has 12 unspecified atom stereocenters. The number of hydrogen-bond acceptors (Lipinski definition) is 13. The fourth-order valence-electron chi connectivity index (χ4n) is 11.6. The van der Waals surface area contributed by atoms with Crippen LogP contribution in [-0.4, -0.2) is 140 Å². The van der Waals surface area contributed by atoms with Gasteiger partial charge in [-0.1, -0.05) is 282 Å². The molecule has 1 amide bonds. The van der Waals surface area contributed by atoms with E-state index in [1.54, 1.807) is 0 Å². The van der Waals surface area contributed by atoms with E-state index in [9.17, 15) is 45.6 Å². The first-order valence-corrected chi connectivity index (χ1v) is 34.6. The van der Waals surface area contributed by atoms with Gasteiger partial charge in [0.15, 0.2) is 12.6 Å². The molecule has 0 bridgehead atoms. The van der Waals surface area contributed by atoms with Gasteiger partial charge in [-0.05, 0) is 44.9 Å². The summed E-state index contributed by atoms with van der Waals surface area (Å²) >= 11 is 0. The second kappa shape index (κ2) is 53.7. The van der Waals surface area contributed by atoms with Crippen LogP contribution in [0.4, 0.5) is 0 Å². The third kappa shape index (κ3) is 37.9. The Morgan fingerprint density at radius 1 is 0.439 bits per heavy atom. The number of ether oxygens (including phenoxy) is 4. The fraction of sp³-hybridized carbons (Fsp3) is 0.926. The maximum atomic E-state index is 13.3. The molecule has 9 N–H and O–H groups in total. The lowest BCUT2D eigenvalue weighted by Gasteiger charge is -2.46. The van der Waals surface area contributed by atoms with Crippen molar-refractivity contribution in [2.45, 2.75) is 383 Å². The van der Waals surface area contributed by atoms with Crippen LogP contribution in [0.1, 0.15) is 309 Å². The Kier molecular flexibility index (Phi) is 50.1. The van der Waals surface area contributed by atoms with Gasteiger partial charge in [-0.15, -0.1) is 0 Å². The molecule has 12 atom stereocenters. The van der Waals surface area contributed by atoms with Crippen LogP contribution < -0.4 is 5.32 Å². The highest BCUT2D eigenvalue weighted by atomic mass is 16.7. The predicted molar refractivity (Wildman–Crippen MR) is 332 cm³/mol. The first-order valence-electron chi connectivity index (χ1n) is 34.6. The summed E-state index contributed by atoms with van der Waals surface area (Å²) in [6, 6.07) is -0.833. The van der Waals surface area contributed by atoms with Crippen molar-refractivity contribution in [2.24, 2.45) is 0 Å². The number of allylic oxidation sites excluding steroid dienone is 4. The number of amides is 1. The Morgan fingerprint density at radius 3 is 1.24 bits per heavy atom. The molecule has 0 aromatic rings. The third-order valence-corrected chi connectivity index (χ3v) is 17.2. The zero-order valence-electron chi connectivity index (χ0n) is 52.5. The van der Waals surface area contributed by atoms with E-state index in [1.807, 2.05) is 0 Å². The molecule has 2 rings (SSSR count). The monoisotopic (exact) mass is 1170 g/mol. The third-order valence-electron chi connectivity index (χ3n) is 17.2. The largest absolute Gasteiger partial charge is 0.394 e. The van der Waals surface area contributed by atoms with E-state index >= 15 is 0 Å². The zero-order chi connectivity index (χ0) is 59.5. The second-order valence-corrected chi connectivity index (χ2v) is 24.7. The summed E-state index contributed by atoms with van der Waals surface area (Å²) < 4.78 is 22.9. The Labute approximate surface area is 500 Å². The summed E-state index contributed by atoms with van der Waals surface area (Å²) in [6.45, 7) is 2.87. The summed E-state index contributed by atoms with van der Waals surface area (Å²) in [5, 5.41) is 87.5. The molecule has 0 aromatic carbocycles. The van der Waals surface area contributed by atoms with Crippen molar-refractivity contribution in [3.63, 3.8) is 0 Å². The molecule has 0 radical (unpaired) electrons. The van der Waals surface area contributed by atoms with Crippen LogP contribution in [-0.2, 0) is 23.7 Å². The lowest BCUT2D eigenvalue weighted by Crippen LogP contribution is -2.65. The molecule has 2 fully saturated rings. The molecule has 0 aromatic heterocycles. The molecule has 2 saturated heterocycles. The summed E-state index contributed by atoms with van der Waals surface area (Å²) in [6.07, 6.45) is 49.1. The van der Waals surface area contributed by atoms with Crippen LogP contribution in [0.5, 0.6) is 0 Å². The number of hydrogen-bond donors (Lipinski definition) is 9. The molecular weight excluding hydrogens is 1040 g/mol. The van der Waals surface area contributed by atoms with Crippen molar-refractivity contribution >= 4 is 5.91 Å². The van der Waals surface area contributed by atoms with Crippen LogP contribution >= 0.6 is 0 Å². The minimum absolute atomic E-state index is 0.211. The van der Waals surface area contributed by atoms with Crippen LogP contribution in [0, 0.1) is 0 Å². The minimum Gasteiger partial charge on any atom is -0.394 e. The van der Waals surface area contributed by atoms with E-state index in [-0.39, 0.29) is 12.5 Å². The number of unbranched alkanes of at least 4 members (excludes halogenated alkanes) is 40. The Balaban J connectivity index is 1.64. The van der Waals surface area contributed by atoms with Crippen LogP contribution in [0.3, 0.4) is 0 Å². The van der Waals surface area contributed by atoms with Crippen molar-refractivity contribution in [1.29, 1.82) is 0 Å². The molecular formula is C68H129NO13. The van der Waals surface area contributed by atoms with Gasteiger partial charge in [-0.2, -0.15) is 0 Å². The number of aliphatic hydroxyl groups excluding tert-OH is 8. The van der Waals surface area contributed by atoms with Gasteiger partial charge in [0.05, 0.1) is 32.0 Å². The van der Waals surface area contributed by atoms with Crippen LogP contribution in [0.25, 0.3) is 0 Å². The average Bonchev–Trinajstić information content (AvgIpc) is 3.49. The summed E-state index contributed by atoms with van der Waals surface area (Å²) in [5.41, 5.74) is 0. The molecule has 2 aliphatic heterocycles. The van der Waals surface area contributed by atoms with Crippen molar-refractivity contribution in [3.05, 3.63) is 24.3 Å². The average molecular weight is 1170 g/mol.